The zero-order valence-corrected chi connectivity index (χ0v) is 14.3. The molecule has 0 aliphatic carbocycles. The van der Waals surface area contributed by atoms with Crippen molar-refractivity contribution in [2.45, 2.75) is 52.0 Å². The summed E-state index contributed by atoms with van der Waals surface area (Å²) in [7, 11) is 0. The van der Waals surface area contributed by atoms with Gasteiger partial charge >= 0.3 is 0 Å². The number of hydrogen-bond acceptors (Lipinski definition) is 6. The normalized spacial score (nSPS) is 12.0. The molecule has 0 heterocycles. The zero-order valence-electron chi connectivity index (χ0n) is 14.3. The third-order valence-electron chi connectivity index (χ3n) is 3.21. The number of hydrogen-bond donors (Lipinski definition) is 2. The second-order valence-electron chi connectivity index (χ2n) is 5.53. The summed E-state index contributed by atoms with van der Waals surface area (Å²) in [5.74, 6) is -0.0202. The molecule has 7 heteroatoms. The highest BCUT2D eigenvalue weighted by molar-refractivity contribution is 5.81. The lowest BCUT2D eigenvalue weighted by atomic mass is 10.1. The number of unbranched alkanes of at least 4 members (excludes halogenated alkanes) is 1. The summed E-state index contributed by atoms with van der Waals surface area (Å²) in [6.07, 6.45) is 3.47. The summed E-state index contributed by atoms with van der Waals surface area (Å²) in [4.78, 5) is 33.1. The van der Waals surface area contributed by atoms with Gasteiger partial charge in [0.05, 0.1) is 19.3 Å². The Balaban J connectivity index is 3.31. The van der Waals surface area contributed by atoms with Crippen LogP contribution in [0.25, 0.3) is 0 Å². The van der Waals surface area contributed by atoms with Crippen molar-refractivity contribution in [2.75, 3.05) is 33.0 Å². The smallest absolute Gasteiger partial charge is 0.245 e. The van der Waals surface area contributed by atoms with Crippen molar-refractivity contribution in [3.05, 3.63) is 0 Å². The lowest BCUT2D eigenvalue weighted by Crippen LogP contribution is -2.30. The molecule has 1 atom stereocenters. The lowest BCUT2D eigenvalue weighted by Gasteiger charge is -2.08. The summed E-state index contributed by atoms with van der Waals surface area (Å²) >= 11 is 0. The zero-order chi connectivity index (χ0) is 17.5. The van der Waals surface area contributed by atoms with Crippen LogP contribution < -0.4 is 11.1 Å². The van der Waals surface area contributed by atoms with Crippen LogP contribution in [0.15, 0.2) is 0 Å². The Morgan fingerprint density at radius 2 is 1.70 bits per heavy atom. The fraction of sp³-hybridized carbons (Fsp3) is 0.812. The first-order valence-corrected chi connectivity index (χ1v) is 8.11. The largest absolute Gasteiger partial charge is 0.379 e. The molecular weight excluding hydrogens is 300 g/mol. The molecule has 0 saturated carbocycles. The van der Waals surface area contributed by atoms with E-state index in [2.05, 4.69) is 5.32 Å². The van der Waals surface area contributed by atoms with Gasteiger partial charge in [0, 0.05) is 19.6 Å². The Labute approximate surface area is 138 Å². The second kappa shape index (κ2) is 14.3. The molecule has 0 rings (SSSR count). The molecular formula is C16H30N2O5. The molecule has 134 valence electrons. The van der Waals surface area contributed by atoms with Gasteiger partial charge in [0.1, 0.15) is 18.2 Å². The molecule has 1 amide bonds. The molecule has 0 aromatic rings. The van der Waals surface area contributed by atoms with E-state index in [9.17, 15) is 14.4 Å². The van der Waals surface area contributed by atoms with Gasteiger partial charge in [-0.05, 0) is 39.5 Å². The van der Waals surface area contributed by atoms with Crippen molar-refractivity contribution < 1.29 is 23.9 Å². The molecule has 3 N–H and O–H groups in total. The quantitative estimate of drug-likeness (QED) is 0.426. The van der Waals surface area contributed by atoms with E-state index in [1.165, 1.54) is 6.92 Å². The third-order valence-corrected chi connectivity index (χ3v) is 3.21. The van der Waals surface area contributed by atoms with E-state index >= 15 is 0 Å². The number of nitrogens with one attached hydrogen (secondary N) is 1. The van der Waals surface area contributed by atoms with Crippen LogP contribution >= 0.6 is 0 Å². The van der Waals surface area contributed by atoms with Gasteiger partial charge in [0.15, 0.2) is 0 Å². The topological polar surface area (TPSA) is 108 Å². The van der Waals surface area contributed by atoms with E-state index < -0.39 is 6.04 Å². The van der Waals surface area contributed by atoms with Crippen LogP contribution in [-0.2, 0) is 23.9 Å². The van der Waals surface area contributed by atoms with Crippen LogP contribution in [0.2, 0.25) is 0 Å². The molecule has 7 nitrogen and oxygen atoms in total. The third kappa shape index (κ3) is 15.4. The molecule has 0 aromatic heterocycles. The summed E-state index contributed by atoms with van der Waals surface area (Å²) in [6, 6.07) is -0.399. The van der Waals surface area contributed by atoms with E-state index in [0.717, 1.165) is 12.8 Å². The first kappa shape index (κ1) is 21.7. The van der Waals surface area contributed by atoms with Crippen LogP contribution in [0.1, 0.15) is 46.0 Å². The highest BCUT2D eigenvalue weighted by atomic mass is 16.5. The predicted octanol–water partition coefficient (Wildman–Crippen LogP) is 0.592. The number of rotatable bonds is 15. The molecule has 0 aliphatic heterocycles. The van der Waals surface area contributed by atoms with Gasteiger partial charge in [-0.15, -0.1) is 0 Å². The van der Waals surface area contributed by atoms with Crippen molar-refractivity contribution >= 4 is 17.5 Å². The van der Waals surface area contributed by atoms with E-state index in [0.29, 0.717) is 45.6 Å². The van der Waals surface area contributed by atoms with Gasteiger partial charge in [0.25, 0.3) is 0 Å². The van der Waals surface area contributed by atoms with E-state index in [4.69, 9.17) is 15.2 Å². The van der Waals surface area contributed by atoms with Gasteiger partial charge < -0.3 is 25.3 Å². The van der Waals surface area contributed by atoms with Crippen molar-refractivity contribution in [1.82, 2.24) is 5.32 Å². The summed E-state index contributed by atoms with van der Waals surface area (Å²) in [6.45, 7) is 4.88. The first-order valence-electron chi connectivity index (χ1n) is 8.11. The van der Waals surface area contributed by atoms with Crippen LogP contribution in [0.5, 0.6) is 0 Å². The molecule has 0 unspecified atom stereocenters. The van der Waals surface area contributed by atoms with Crippen LogP contribution in [0, 0.1) is 0 Å². The number of nitrogens with two attached hydrogens (primary N) is 1. The summed E-state index contributed by atoms with van der Waals surface area (Å²) in [5, 5.41) is 2.74. The van der Waals surface area contributed by atoms with Gasteiger partial charge in [-0.1, -0.05) is 0 Å². The van der Waals surface area contributed by atoms with E-state index in [-0.39, 0.29) is 24.1 Å². The molecule has 23 heavy (non-hydrogen) atoms. The Morgan fingerprint density at radius 1 is 1.00 bits per heavy atom. The average Bonchev–Trinajstić information content (AvgIpc) is 2.48. The maximum atomic E-state index is 11.5. The van der Waals surface area contributed by atoms with Crippen molar-refractivity contribution in [1.29, 1.82) is 0 Å². The minimum Gasteiger partial charge on any atom is -0.379 e. The van der Waals surface area contributed by atoms with Gasteiger partial charge in [-0.2, -0.15) is 0 Å². The number of ketones is 2. The molecule has 0 spiro atoms. The van der Waals surface area contributed by atoms with Crippen molar-refractivity contribution in [3.8, 4) is 0 Å². The second-order valence-corrected chi connectivity index (χ2v) is 5.53. The number of carbonyl (C=O) groups excluding carboxylic acids is 3. The Kier molecular flexibility index (Phi) is 13.5. The van der Waals surface area contributed by atoms with Crippen molar-refractivity contribution in [3.63, 3.8) is 0 Å². The SMILES string of the molecule is CC(=O)CCCOCCOCC(=O)NCCCC[C@H](N)C(C)=O. The molecule has 0 saturated heterocycles. The fourth-order valence-corrected chi connectivity index (χ4v) is 1.78. The monoisotopic (exact) mass is 330 g/mol. The molecule has 0 aromatic carbocycles. The Hall–Kier alpha value is -1.31. The molecule has 0 fully saturated rings. The van der Waals surface area contributed by atoms with Crippen LogP contribution in [0.4, 0.5) is 0 Å². The lowest BCUT2D eigenvalue weighted by molar-refractivity contribution is -0.126. The first-order chi connectivity index (χ1) is 10.9. The minimum absolute atomic E-state index is 0.00374. The average molecular weight is 330 g/mol. The maximum absolute atomic E-state index is 11.5. The number of ether oxygens (including phenoxy) is 2. The van der Waals surface area contributed by atoms with Crippen LogP contribution in [0.3, 0.4) is 0 Å². The Bertz CT molecular complexity index is 360. The minimum atomic E-state index is -0.399. The van der Waals surface area contributed by atoms with Crippen LogP contribution in [-0.4, -0.2) is 56.5 Å². The fourth-order valence-electron chi connectivity index (χ4n) is 1.78. The maximum Gasteiger partial charge on any atom is 0.245 e. The molecule has 0 aliphatic rings. The number of carbonyl (C=O) groups is 3. The molecule has 0 radical (unpaired) electrons. The highest BCUT2D eigenvalue weighted by Gasteiger charge is 2.07. The summed E-state index contributed by atoms with van der Waals surface area (Å²) in [5.41, 5.74) is 5.61. The van der Waals surface area contributed by atoms with E-state index in [1.807, 2.05) is 0 Å². The Morgan fingerprint density at radius 3 is 2.35 bits per heavy atom. The van der Waals surface area contributed by atoms with Gasteiger partial charge in [-0.25, -0.2) is 0 Å². The predicted molar refractivity (Wildman–Crippen MR) is 87.1 cm³/mol. The highest BCUT2D eigenvalue weighted by Crippen LogP contribution is 1.99. The van der Waals surface area contributed by atoms with Crippen molar-refractivity contribution in [2.24, 2.45) is 5.73 Å². The van der Waals surface area contributed by atoms with E-state index in [1.54, 1.807) is 6.92 Å². The van der Waals surface area contributed by atoms with Gasteiger partial charge in [0.2, 0.25) is 5.91 Å². The molecule has 0 bridgehead atoms. The number of Topliss-reactive ketones (excluding diaryl/α,β-unsaturated/α-hetero) is 2. The number of amides is 1. The summed E-state index contributed by atoms with van der Waals surface area (Å²) < 4.78 is 10.5. The van der Waals surface area contributed by atoms with Gasteiger partial charge in [-0.3, -0.25) is 9.59 Å². The standard InChI is InChI=1S/C16H30N2O5/c1-13(19)6-5-9-22-10-11-23-12-16(21)18-8-4-3-7-15(17)14(2)20/h15H,3-12,17H2,1-2H3,(H,18,21)/t15-/m0/s1.